The highest BCUT2D eigenvalue weighted by atomic mass is 15.2. The van der Waals surface area contributed by atoms with E-state index < -0.39 is 0 Å². The summed E-state index contributed by atoms with van der Waals surface area (Å²) in [4.78, 5) is 9.00. The SMILES string of the molecule is Cc1cc(C)cc(Nc2nc(C)cc(NC(C)(C)C)n2)c1. The summed E-state index contributed by atoms with van der Waals surface area (Å²) in [6.07, 6.45) is 0. The molecular weight excluding hydrogens is 260 g/mol. The van der Waals surface area contributed by atoms with Crippen molar-refractivity contribution in [1.29, 1.82) is 0 Å². The fraction of sp³-hybridized carbons (Fsp3) is 0.412. The van der Waals surface area contributed by atoms with Crippen molar-refractivity contribution < 1.29 is 0 Å². The molecule has 0 saturated heterocycles. The van der Waals surface area contributed by atoms with E-state index in [1.54, 1.807) is 0 Å². The predicted octanol–water partition coefficient (Wildman–Crippen LogP) is 4.36. The molecule has 0 aliphatic carbocycles. The standard InChI is InChI=1S/C17H24N4/c1-11-7-12(2)9-14(8-11)19-16-18-13(3)10-15(20-16)21-17(4,5)6/h7-10H,1-6H3,(H2,18,19,20,21). The van der Waals surface area contributed by atoms with Gasteiger partial charge in [0.2, 0.25) is 5.95 Å². The Kier molecular flexibility index (Phi) is 4.16. The van der Waals surface area contributed by atoms with E-state index in [0.717, 1.165) is 17.2 Å². The molecule has 0 atom stereocenters. The second-order valence-corrected chi connectivity index (χ2v) is 6.59. The van der Waals surface area contributed by atoms with Crippen molar-refractivity contribution in [3.63, 3.8) is 0 Å². The van der Waals surface area contributed by atoms with Crippen LogP contribution in [0.2, 0.25) is 0 Å². The van der Waals surface area contributed by atoms with Crippen LogP contribution in [-0.4, -0.2) is 15.5 Å². The van der Waals surface area contributed by atoms with E-state index in [1.807, 2.05) is 13.0 Å². The summed E-state index contributed by atoms with van der Waals surface area (Å²) in [5, 5.41) is 6.67. The Morgan fingerprint density at radius 1 is 0.857 bits per heavy atom. The molecule has 21 heavy (non-hydrogen) atoms. The lowest BCUT2D eigenvalue weighted by Gasteiger charge is -2.21. The fourth-order valence-corrected chi connectivity index (χ4v) is 2.25. The fourth-order valence-electron chi connectivity index (χ4n) is 2.25. The zero-order valence-electron chi connectivity index (χ0n) is 13.7. The van der Waals surface area contributed by atoms with Crippen molar-refractivity contribution in [3.05, 3.63) is 41.1 Å². The Morgan fingerprint density at radius 2 is 1.48 bits per heavy atom. The predicted molar refractivity (Wildman–Crippen MR) is 89.3 cm³/mol. The normalized spacial score (nSPS) is 11.3. The van der Waals surface area contributed by atoms with Gasteiger partial charge in [0.05, 0.1) is 0 Å². The lowest BCUT2D eigenvalue weighted by atomic mass is 10.1. The first kappa shape index (κ1) is 15.3. The minimum atomic E-state index is -0.0298. The van der Waals surface area contributed by atoms with Crippen LogP contribution in [0.1, 0.15) is 37.6 Å². The number of nitrogens with one attached hydrogen (secondary N) is 2. The molecule has 0 aliphatic heterocycles. The summed E-state index contributed by atoms with van der Waals surface area (Å²) >= 11 is 0. The lowest BCUT2D eigenvalue weighted by Crippen LogP contribution is -2.27. The number of hydrogen-bond donors (Lipinski definition) is 2. The summed E-state index contributed by atoms with van der Waals surface area (Å²) < 4.78 is 0. The maximum absolute atomic E-state index is 4.54. The Balaban J connectivity index is 2.27. The quantitative estimate of drug-likeness (QED) is 0.879. The number of hydrogen-bond acceptors (Lipinski definition) is 4. The minimum Gasteiger partial charge on any atom is -0.365 e. The van der Waals surface area contributed by atoms with Crippen LogP contribution in [0.5, 0.6) is 0 Å². The minimum absolute atomic E-state index is 0.0298. The lowest BCUT2D eigenvalue weighted by molar-refractivity contribution is 0.630. The molecule has 0 amide bonds. The van der Waals surface area contributed by atoms with Crippen molar-refractivity contribution in [2.24, 2.45) is 0 Å². The van der Waals surface area contributed by atoms with Crippen LogP contribution in [-0.2, 0) is 0 Å². The van der Waals surface area contributed by atoms with E-state index in [1.165, 1.54) is 11.1 Å². The van der Waals surface area contributed by atoms with Gasteiger partial charge in [0, 0.05) is 23.0 Å². The molecule has 1 aromatic heterocycles. The van der Waals surface area contributed by atoms with Crippen LogP contribution < -0.4 is 10.6 Å². The number of aromatic nitrogens is 2. The zero-order valence-corrected chi connectivity index (χ0v) is 13.7. The zero-order chi connectivity index (χ0) is 15.6. The smallest absolute Gasteiger partial charge is 0.229 e. The van der Waals surface area contributed by atoms with Crippen LogP contribution >= 0.6 is 0 Å². The Morgan fingerprint density at radius 3 is 2.05 bits per heavy atom. The Hall–Kier alpha value is -2.10. The molecule has 2 aromatic rings. The largest absolute Gasteiger partial charge is 0.365 e. The molecule has 2 rings (SSSR count). The van der Waals surface area contributed by atoms with Gasteiger partial charge in [0.25, 0.3) is 0 Å². The molecule has 0 aliphatic rings. The Labute approximate surface area is 127 Å². The first-order valence-corrected chi connectivity index (χ1v) is 7.20. The molecular formula is C17H24N4. The molecule has 0 radical (unpaired) electrons. The van der Waals surface area contributed by atoms with Crippen molar-refractivity contribution >= 4 is 17.5 Å². The maximum atomic E-state index is 4.54. The van der Waals surface area contributed by atoms with Gasteiger partial charge >= 0.3 is 0 Å². The molecule has 0 unspecified atom stereocenters. The molecule has 0 bridgehead atoms. The summed E-state index contributed by atoms with van der Waals surface area (Å²) in [5.41, 5.74) is 4.36. The van der Waals surface area contributed by atoms with Gasteiger partial charge in [-0.1, -0.05) is 6.07 Å². The van der Waals surface area contributed by atoms with E-state index in [2.05, 4.69) is 73.4 Å². The first-order chi connectivity index (χ1) is 9.71. The second-order valence-electron chi connectivity index (χ2n) is 6.59. The number of aryl methyl sites for hydroxylation is 3. The topological polar surface area (TPSA) is 49.8 Å². The van der Waals surface area contributed by atoms with Crippen LogP contribution in [0.4, 0.5) is 17.5 Å². The van der Waals surface area contributed by atoms with E-state index >= 15 is 0 Å². The average molecular weight is 284 g/mol. The summed E-state index contributed by atoms with van der Waals surface area (Å²) in [6.45, 7) is 12.5. The molecule has 1 aromatic carbocycles. The van der Waals surface area contributed by atoms with Gasteiger partial charge in [-0.2, -0.15) is 4.98 Å². The van der Waals surface area contributed by atoms with E-state index in [0.29, 0.717) is 5.95 Å². The van der Waals surface area contributed by atoms with Gasteiger partial charge in [-0.15, -0.1) is 0 Å². The molecule has 0 saturated carbocycles. The van der Waals surface area contributed by atoms with Crippen molar-refractivity contribution in [2.45, 2.75) is 47.1 Å². The summed E-state index contributed by atoms with van der Waals surface area (Å²) in [7, 11) is 0. The summed E-state index contributed by atoms with van der Waals surface area (Å²) in [5.74, 6) is 1.45. The molecule has 2 N–H and O–H groups in total. The molecule has 0 fully saturated rings. The molecule has 4 heteroatoms. The van der Waals surface area contributed by atoms with Gasteiger partial charge in [-0.3, -0.25) is 0 Å². The molecule has 4 nitrogen and oxygen atoms in total. The number of rotatable bonds is 3. The maximum Gasteiger partial charge on any atom is 0.229 e. The number of nitrogens with zero attached hydrogens (tertiary/aromatic N) is 2. The number of benzene rings is 1. The third-order valence-electron chi connectivity index (χ3n) is 2.84. The van der Waals surface area contributed by atoms with E-state index in [9.17, 15) is 0 Å². The second kappa shape index (κ2) is 5.72. The number of anilines is 3. The highest BCUT2D eigenvalue weighted by molar-refractivity contribution is 5.57. The monoisotopic (exact) mass is 284 g/mol. The summed E-state index contributed by atoms with van der Waals surface area (Å²) in [6, 6.07) is 8.29. The van der Waals surface area contributed by atoms with Gasteiger partial charge < -0.3 is 10.6 Å². The third-order valence-corrected chi connectivity index (χ3v) is 2.84. The first-order valence-electron chi connectivity index (χ1n) is 7.20. The van der Waals surface area contributed by atoms with Gasteiger partial charge in [-0.05, 0) is 64.8 Å². The van der Waals surface area contributed by atoms with Crippen LogP contribution in [0.3, 0.4) is 0 Å². The van der Waals surface area contributed by atoms with Crippen molar-refractivity contribution in [2.75, 3.05) is 10.6 Å². The van der Waals surface area contributed by atoms with Gasteiger partial charge in [-0.25, -0.2) is 4.98 Å². The Bertz CT molecular complexity index is 621. The van der Waals surface area contributed by atoms with Crippen molar-refractivity contribution in [3.8, 4) is 0 Å². The third kappa shape index (κ3) is 4.74. The average Bonchev–Trinajstić information content (AvgIpc) is 2.23. The van der Waals surface area contributed by atoms with E-state index in [-0.39, 0.29) is 5.54 Å². The van der Waals surface area contributed by atoms with Gasteiger partial charge in [0.15, 0.2) is 0 Å². The van der Waals surface area contributed by atoms with Crippen LogP contribution in [0.15, 0.2) is 24.3 Å². The highest BCUT2D eigenvalue weighted by Gasteiger charge is 2.11. The highest BCUT2D eigenvalue weighted by Crippen LogP contribution is 2.20. The van der Waals surface area contributed by atoms with Crippen molar-refractivity contribution in [1.82, 2.24) is 9.97 Å². The van der Waals surface area contributed by atoms with Crippen LogP contribution in [0.25, 0.3) is 0 Å². The van der Waals surface area contributed by atoms with Crippen LogP contribution in [0, 0.1) is 20.8 Å². The molecule has 1 heterocycles. The van der Waals surface area contributed by atoms with Gasteiger partial charge in [0.1, 0.15) is 5.82 Å². The molecule has 112 valence electrons. The molecule has 0 spiro atoms. The van der Waals surface area contributed by atoms with E-state index in [4.69, 9.17) is 0 Å².